The van der Waals surface area contributed by atoms with Crippen LogP contribution in [0.3, 0.4) is 0 Å². The van der Waals surface area contributed by atoms with E-state index in [0.717, 1.165) is 5.56 Å². The number of rotatable bonds is 8. The summed E-state index contributed by atoms with van der Waals surface area (Å²) in [6, 6.07) is 12.3. The number of halogens is 1. The van der Waals surface area contributed by atoms with Crippen LogP contribution in [0.4, 0.5) is 5.69 Å². The second-order valence-electron chi connectivity index (χ2n) is 5.85. The maximum atomic E-state index is 12.4. The fourth-order valence-electron chi connectivity index (χ4n) is 2.49. The van der Waals surface area contributed by atoms with E-state index in [1.54, 1.807) is 36.4 Å². The zero-order valence-electron chi connectivity index (χ0n) is 15.6. The molecule has 0 bridgehead atoms. The van der Waals surface area contributed by atoms with Crippen molar-refractivity contribution in [3.8, 4) is 11.5 Å². The first-order valence-electron chi connectivity index (χ1n) is 8.54. The topological polar surface area (TPSA) is 67.9 Å². The maximum Gasteiger partial charge on any atom is 0.260 e. The summed E-state index contributed by atoms with van der Waals surface area (Å²) in [5.74, 6) is 0.559. The van der Waals surface area contributed by atoms with Crippen molar-refractivity contribution in [3.05, 3.63) is 53.1 Å². The average Bonchev–Trinajstić information content (AvgIpc) is 2.65. The van der Waals surface area contributed by atoms with Gasteiger partial charge in [0.15, 0.2) is 6.61 Å². The lowest BCUT2D eigenvalue weighted by atomic mass is 10.2. The molecule has 2 aromatic rings. The van der Waals surface area contributed by atoms with Crippen molar-refractivity contribution >= 4 is 29.1 Å². The lowest BCUT2D eigenvalue weighted by Crippen LogP contribution is -2.40. The zero-order chi connectivity index (χ0) is 19.8. The van der Waals surface area contributed by atoms with Crippen molar-refractivity contribution in [2.75, 3.05) is 32.1 Å². The zero-order valence-corrected chi connectivity index (χ0v) is 16.4. The predicted molar refractivity (Wildman–Crippen MR) is 106 cm³/mol. The number of carbonyl (C=O) groups excluding carboxylic acids is 2. The molecule has 0 atom stereocenters. The second kappa shape index (κ2) is 9.83. The smallest absolute Gasteiger partial charge is 0.260 e. The Morgan fingerprint density at radius 1 is 1.15 bits per heavy atom. The quantitative estimate of drug-likeness (QED) is 0.748. The SMILES string of the molecule is CCN(CC(=O)Nc1ccccc1OC)C(=O)COc1ccc(Cl)cc1C. The lowest BCUT2D eigenvalue weighted by Gasteiger charge is -2.21. The Bertz CT molecular complexity index is 810. The molecule has 0 radical (unpaired) electrons. The molecule has 0 heterocycles. The summed E-state index contributed by atoms with van der Waals surface area (Å²) in [5.41, 5.74) is 1.40. The number of nitrogens with one attached hydrogen (secondary N) is 1. The largest absolute Gasteiger partial charge is 0.495 e. The molecule has 0 saturated heterocycles. The van der Waals surface area contributed by atoms with Gasteiger partial charge in [0, 0.05) is 11.6 Å². The highest BCUT2D eigenvalue weighted by Crippen LogP contribution is 2.23. The third kappa shape index (κ3) is 5.89. The molecule has 0 fully saturated rings. The first-order chi connectivity index (χ1) is 12.9. The summed E-state index contributed by atoms with van der Waals surface area (Å²) >= 11 is 5.91. The van der Waals surface area contributed by atoms with Crippen LogP contribution in [0.25, 0.3) is 0 Å². The molecule has 6 nitrogen and oxygen atoms in total. The molecular weight excluding hydrogens is 368 g/mol. The Balaban J connectivity index is 1.93. The van der Waals surface area contributed by atoms with Crippen LogP contribution in [0, 0.1) is 6.92 Å². The van der Waals surface area contributed by atoms with Crippen LogP contribution in [0.5, 0.6) is 11.5 Å². The molecule has 1 N–H and O–H groups in total. The Kier molecular flexibility index (Phi) is 7.49. The van der Waals surface area contributed by atoms with Gasteiger partial charge >= 0.3 is 0 Å². The Morgan fingerprint density at radius 2 is 1.89 bits per heavy atom. The van der Waals surface area contributed by atoms with Gasteiger partial charge in [-0.2, -0.15) is 0 Å². The van der Waals surface area contributed by atoms with Gasteiger partial charge in [-0.1, -0.05) is 23.7 Å². The van der Waals surface area contributed by atoms with Gasteiger partial charge in [0.05, 0.1) is 19.3 Å². The van der Waals surface area contributed by atoms with E-state index in [1.165, 1.54) is 12.0 Å². The number of nitrogens with zero attached hydrogens (tertiary/aromatic N) is 1. The highest BCUT2D eigenvalue weighted by molar-refractivity contribution is 6.30. The third-order valence-electron chi connectivity index (χ3n) is 3.94. The lowest BCUT2D eigenvalue weighted by molar-refractivity contribution is -0.136. The normalized spacial score (nSPS) is 10.2. The summed E-state index contributed by atoms with van der Waals surface area (Å²) in [5, 5.41) is 3.36. The van der Waals surface area contributed by atoms with Crippen LogP contribution in [-0.2, 0) is 9.59 Å². The average molecular weight is 391 g/mol. The molecule has 0 spiro atoms. The molecule has 0 unspecified atom stereocenters. The van der Waals surface area contributed by atoms with Gasteiger partial charge in [-0.25, -0.2) is 0 Å². The molecule has 27 heavy (non-hydrogen) atoms. The molecule has 0 aliphatic rings. The Hall–Kier alpha value is -2.73. The molecule has 0 aliphatic carbocycles. The second-order valence-corrected chi connectivity index (χ2v) is 6.29. The van der Waals surface area contributed by atoms with E-state index < -0.39 is 0 Å². The van der Waals surface area contributed by atoms with Gasteiger partial charge in [-0.15, -0.1) is 0 Å². The fourth-order valence-corrected chi connectivity index (χ4v) is 2.72. The molecule has 2 rings (SSSR count). The van der Waals surface area contributed by atoms with E-state index in [0.29, 0.717) is 28.8 Å². The maximum absolute atomic E-state index is 12.4. The van der Waals surface area contributed by atoms with Crippen molar-refractivity contribution < 1.29 is 19.1 Å². The summed E-state index contributed by atoms with van der Waals surface area (Å²) in [7, 11) is 1.53. The fraction of sp³-hybridized carbons (Fsp3) is 0.300. The van der Waals surface area contributed by atoms with Gasteiger partial charge < -0.3 is 19.7 Å². The summed E-state index contributed by atoms with van der Waals surface area (Å²) in [4.78, 5) is 26.1. The number of ether oxygens (including phenoxy) is 2. The highest BCUT2D eigenvalue weighted by atomic mass is 35.5. The van der Waals surface area contributed by atoms with Crippen LogP contribution < -0.4 is 14.8 Å². The Morgan fingerprint density at radius 3 is 2.56 bits per heavy atom. The van der Waals surface area contributed by atoms with E-state index in [-0.39, 0.29) is 25.0 Å². The van der Waals surface area contributed by atoms with Crippen LogP contribution in [0.15, 0.2) is 42.5 Å². The number of carbonyl (C=O) groups is 2. The highest BCUT2D eigenvalue weighted by Gasteiger charge is 2.17. The molecule has 2 amide bonds. The number of amides is 2. The van der Waals surface area contributed by atoms with Crippen LogP contribution in [0.2, 0.25) is 5.02 Å². The summed E-state index contributed by atoms with van der Waals surface area (Å²) < 4.78 is 10.8. The number of aryl methyl sites for hydroxylation is 1. The van der Waals surface area contributed by atoms with Crippen molar-refractivity contribution in [1.29, 1.82) is 0 Å². The van der Waals surface area contributed by atoms with Crippen LogP contribution in [0.1, 0.15) is 12.5 Å². The van der Waals surface area contributed by atoms with Gasteiger partial charge in [0.2, 0.25) is 5.91 Å². The first kappa shape index (κ1) is 20.6. The van der Waals surface area contributed by atoms with Gasteiger partial charge in [0.1, 0.15) is 11.5 Å². The minimum absolute atomic E-state index is 0.0731. The van der Waals surface area contributed by atoms with Crippen molar-refractivity contribution in [1.82, 2.24) is 4.90 Å². The number of anilines is 1. The van der Waals surface area contributed by atoms with Gasteiger partial charge in [-0.05, 0) is 49.7 Å². The van der Waals surface area contributed by atoms with E-state index >= 15 is 0 Å². The Labute approximate surface area is 164 Å². The molecular formula is C20H23ClN2O4. The van der Waals surface area contributed by atoms with Crippen molar-refractivity contribution in [2.24, 2.45) is 0 Å². The standard InChI is InChI=1S/C20H23ClN2O4/c1-4-23(12-19(24)22-16-7-5-6-8-18(16)26-3)20(25)13-27-17-10-9-15(21)11-14(17)2/h5-11H,4,12-13H2,1-3H3,(H,22,24). The number of likely N-dealkylation sites (N-methyl/N-ethyl adjacent to an activating group) is 1. The number of hydrogen-bond donors (Lipinski definition) is 1. The molecule has 0 aliphatic heterocycles. The van der Waals surface area contributed by atoms with Crippen molar-refractivity contribution in [3.63, 3.8) is 0 Å². The van der Waals surface area contributed by atoms with Gasteiger partial charge in [-0.3, -0.25) is 9.59 Å². The predicted octanol–water partition coefficient (Wildman–Crippen LogP) is 3.52. The number of hydrogen-bond acceptors (Lipinski definition) is 4. The minimum atomic E-state index is -0.308. The van der Waals surface area contributed by atoms with E-state index in [9.17, 15) is 9.59 Å². The van der Waals surface area contributed by atoms with E-state index in [4.69, 9.17) is 21.1 Å². The van der Waals surface area contributed by atoms with Gasteiger partial charge in [0.25, 0.3) is 5.91 Å². The number of benzene rings is 2. The third-order valence-corrected chi connectivity index (χ3v) is 4.17. The van der Waals surface area contributed by atoms with E-state index in [1.807, 2.05) is 19.9 Å². The number of methoxy groups -OCH3 is 1. The van der Waals surface area contributed by atoms with E-state index in [2.05, 4.69) is 5.32 Å². The minimum Gasteiger partial charge on any atom is -0.495 e. The molecule has 144 valence electrons. The molecule has 0 saturated carbocycles. The van der Waals surface area contributed by atoms with Crippen LogP contribution in [-0.4, -0.2) is 43.5 Å². The summed E-state index contributed by atoms with van der Waals surface area (Å²) in [6.45, 7) is 3.82. The number of para-hydroxylation sites is 2. The van der Waals surface area contributed by atoms with Crippen LogP contribution >= 0.6 is 11.6 Å². The van der Waals surface area contributed by atoms with Crippen molar-refractivity contribution in [2.45, 2.75) is 13.8 Å². The first-order valence-corrected chi connectivity index (χ1v) is 8.92. The monoisotopic (exact) mass is 390 g/mol. The summed E-state index contributed by atoms with van der Waals surface area (Å²) in [6.07, 6.45) is 0. The molecule has 7 heteroatoms. The molecule has 2 aromatic carbocycles. The molecule has 0 aromatic heterocycles.